The van der Waals surface area contributed by atoms with Gasteiger partial charge in [0.1, 0.15) is 18.2 Å². The number of halogens is 3. The number of methoxy groups -OCH3 is 1. The molecule has 0 fully saturated rings. The average molecular weight is 420 g/mol. The summed E-state index contributed by atoms with van der Waals surface area (Å²) < 4.78 is 38.5. The minimum absolute atomic E-state index is 0. The maximum atomic E-state index is 13.7. The molecule has 0 saturated carbocycles. The van der Waals surface area contributed by atoms with Gasteiger partial charge in [-0.2, -0.15) is 0 Å². The smallest absolute Gasteiger partial charge is 0.161 e. The summed E-state index contributed by atoms with van der Waals surface area (Å²) in [5.41, 5.74) is 2.21. The van der Waals surface area contributed by atoms with E-state index in [1.807, 2.05) is 24.3 Å². The normalized spacial score (nSPS) is 10.3. The Kier molecular flexibility index (Phi) is 8.90. The molecule has 0 spiro atoms. The van der Waals surface area contributed by atoms with Crippen molar-refractivity contribution in [2.24, 2.45) is 0 Å². The van der Waals surface area contributed by atoms with Crippen LogP contribution in [0.1, 0.15) is 16.7 Å². The largest absolute Gasteiger partial charge is 0.493 e. The zero-order valence-corrected chi connectivity index (χ0v) is 17.0. The average Bonchev–Trinajstić information content (AvgIpc) is 2.72. The summed E-state index contributed by atoms with van der Waals surface area (Å²) in [7, 11) is 1.57. The van der Waals surface area contributed by atoms with Gasteiger partial charge >= 0.3 is 0 Å². The second-order valence-corrected chi connectivity index (χ2v) is 6.38. The fraction of sp³-hybridized carbons (Fsp3) is 0.217. The van der Waals surface area contributed by atoms with Gasteiger partial charge in [0.2, 0.25) is 0 Å². The van der Waals surface area contributed by atoms with Crippen LogP contribution in [-0.4, -0.2) is 13.7 Å². The van der Waals surface area contributed by atoms with Gasteiger partial charge in [-0.3, -0.25) is 0 Å². The molecular formula is C23H24ClF2NO2. The molecule has 0 saturated heterocycles. The number of ether oxygens (including phenoxy) is 2. The molecule has 1 N–H and O–H groups in total. The van der Waals surface area contributed by atoms with E-state index in [0.717, 1.165) is 5.56 Å². The van der Waals surface area contributed by atoms with Gasteiger partial charge in [0.15, 0.2) is 11.5 Å². The van der Waals surface area contributed by atoms with E-state index in [0.29, 0.717) is 42.1 Å². The van der Waals surface area contributed by atoms with Gasteiger partial charge in [-0.1, -0.05) is 42.5 Å². The van der Waals surface area contributed by atoms with Crippen LogP contribution < -0.4 is 14.8 Å². The topological polar surface area (TPSA) is 30.5 Å². The molecule has 0 amide bonds. The number of rotatable bonds is 9. The Labute approximate surface area is 176 Å². The van der Waals surface area contributed by atoms with E-state index in [-0.39, 0.29) is 30.6 Å². The summed E-state index contributed by atoms with van der Waals surface area (Å²) in [6.07, 6.45) is 0.619. The van der Waals surface area contributed by atoms with Crippen LogP contribution in [0.15, 0.2) is 66.7 Å². The fourth-order valence-corrected chi connectivity index (χ4v) is 2.87. The SMILES string of the molecule is COc1cc(CNCCc2ccccc2F)ccc1OCc1ccccc1F.Cl. The van der Waals surface area contributed by atoms with Crippen LogP contribution in [-0.2, 0) is 19.6 Å². The summed E-state index contributed by atoms with van der Waals surface area (Å²) in [4.78, 5) is 0. The molecule has 154 valence electrons. The molecule has 3 nitrogen and oxygen atoms in total. The number of benzene rings is 3. The van der Waals surface area contributed by atoms with E-state index >= 15 is 0 Å². The maximum Gasteiger partial charge on any atom is 0.161 e. The first-order valence-corrected chi connectivity index (χ1v) is 9.14. The van der Waals surface area contributed by atoms with Gasteiger partial charge in [-0.05, 0) is 48.4 Å². The van der Waals surface area contributed by atoms with Crippen LogP contribution in [0.4, 0.5) is 8.78 Å². The summed E-state index contributed by atoms with van der Waals surface area (Å²) in [6.45, 7) is 1.41. The highest BCUT2D eigenvalue weighted by atomic mass is 35.5. The first kappa shape index (κ1) is 22.7. The molecule has 29 heavy (non-hydrogen) atoms. The molecule has 0 radical (unpaired) electrons. The highest BCUT2D eigenvalue weighted by Crippen LogP contribution is 2.29. The number of hydrogen-bond donors (Lipinski definition) is 1. The van der Waals surface area contributed by atoms with Crippen molar-refractivity contribution >= 4 is 12.4 Å². The monoisotopic (exact) mass is 419 g/mol. The van der Waals surface area contributed by atoms with Crippen molar-refractivity contribution in [1.29, 1.82) is 0 Å². The Bertz CT molecular complexity index is 921. The van der Waals surface area contributed by atoms with Crippen molar-refractivity contribution in [3.63, 3.8) is 0 Å². The summed E-state index contributed by atoms with van der Waals surface area (Å²) in [5, 5.41) is 3.30. The van der Waals surface area contributed by atoms with Crippen LogP contribution in [0.3, 0.4) is 0 Å². The van der Waals surface area contributed by atoms with E-state index in [9.17, 15) is 8.78 Å². The molecule has 0 bridgehead atoms. The van der Waals surface area contributed by atoms with Crippen LogP contribution in [0.25, 0.3) is 0 Å². The lowest BCUT2D eigenvalue weighted by atomic mass is 10.1. The second kappa shape index (κ2) is 11.4. The second-order valence-electron chi connectivity index (χ2n) is 6.38. The van der Waals surface area contributed by atoms with Crippen molar-refractivity contribution in [3.05, 3.63) is 95.1 Å². The Balaban J connectivity index is 0.00000300. The van der Waals surface area contributed by atoms with Crippen molar-refractivity contribution in [2.75, 3.05) is 13.7 Å². The molecule has 0 aliphatic carbocycles. The molecule has 3 aromatic rings. The molecule has 0 aromatic heterocycles. The van der Waals surface area contributed by atoms with Crippen LogP contribution in [0.5, 0.6) is 11.5 Å². The fourth-order valence-electron chi connectivity index (χ4n) is 2.87. The minimum atomic E-state index is -0.294. The number of nitrogens with one attached hydrogen (secondary N) is 1. The highest BCUT2D eigenvalue weighted by molar-refractivity contribution is 5.85. The van der Waals surface area contributed by atoms with Crippen LogP contribution >= 0.6 is 12.4 Å². The van der Waals surface area contributed by atoms with E-state index < -0.39 is 0 Å². The minimum Gasteiger partial charge on any atom is -0.493 e. The predicted octanol–water partition coefficient (Wildman–Crippen LogP) is 5.31. The molecule has 0 heterocycles. The molecule has 0 aliphatic heterocycles. The zero-order chi connectivity index (χ0) is 19.8. The summed E-state index contributed by atoms with van der Waals surface area (Å²) >= 11 is 0. The van der Waals surface area contributed by atoms with Gasteiger partial charge in [-0.15, -0.1) is 12.4 Å². The first-order chi connectivity index (χ1) is 13.7. The van der Waals surface area contributed by atoms with Crippen LogP contribution in [0.2, 0.25) is 0 Å². The van der Waals surface area contributed by atoms with E-state index in [1.54, 1.807) is 37.4 Å². The molecule has 3 aromatic carbocycles. The lowest BCUT2D eigenvalue weighted by Gasteiger charge is -2.13. The Morgan fingerprint density at radius 3 is 2.14 bits per heavy atom. The first-order valence-electron chi connectivity index (χ1n) is 9.14. The third kappa shape index (κ3) is 6.44. The summed E-state index contributed by atoms with van der Waals surface area (Å²) in [5.74, 6) is 0.671. The Morgan fingerprint density at radius 2 is 1.48 bits per heavy atom. The standard InChI is InChI=1S/C23H23F2NO2.ClH/c1-27-23-14-17(15-26-13-12-18-6-2-4-8-20(18)24)10-11-22(23)28-16-19-7-3-5-9-21(19)25;/h2-11,14,26H,12-13,15-16H2,1H3;1H. The lowest BCUT2D eigenvalue weighted by Crippen LogP contribution is -2.17. The van der Waals surface area contributed by atoms with Gasteiger partial charge in [0.05, 0.1) is 7.11 Å². The van der Waals surface area contributed by atoms with Crippen molar-refractivity contribution < 1.29 is 18.3 Å². The quantitative estimate of drug-likeness (QED) is 0.477. The van der Waals surface area contributed by atoms with E-state index in [1.165, 1.54) is 12.1 Å². The molecular weight excluding hydrogens is 396 g/mol. The maximum absolute atomic E-state index is 13.7. The van der Waals surface area contributed by atoms with E-state index in [2.05, 4.69) is 5.32 Å². The Morgan fingerprint density at radius 1 is 0.828 bits per heavy atom. The lowest BCUT2D eigenvalue weighted by molar-refractivity contribution is 0.279. The van der Waals surface area contributed by atoms with Crippen LogP contribution in [0, 0.1) is 11.6 Å². The van der Waals surface area contributed by atoms with Crippen molar-refractivity contribution in [2.45, 2.75) is 19.6 Å². The summed E-state index contributed by atoms with van der Waals surface area (Å²) in [6, 6.07) is 18.9. The van der Waals surface area contributed by atoms with Gasteiger partial charge in [0.25, 0.3) is 0 Å². The molecule has 3 rings (SSSR count). The third-order valence-electron chi connectivity index (χ3n) is 4.43. The van der Waals surface area contributed by atoms with Gasteiger partial charge in [-0.25, -0.2) is 8.78 Å². The highest BCUT2D eigenvalue weighted by Gasteiger charge is 2.08. The molecule has 0 aliphatic rings. The van der Waals surface area contributed by atoms with E-state index in [4.69, 9.17) is 9.47 Å². The Hall–Kier alpha value is -2.63. The number of hydrogen-bond acceptors (Lipinski definition) is 3. The van der Waals surface area contributed by atoms with Crippen molar-refractivity contribution in [1.82, 2.24) is 5.32 Å². The molecule has 0 unspecified atom stereocenters. The van der Waals surface area contributed by atoms with Gasteiger partial charge < -0.3 is 14.8 Å². The molecule has 6 heteroatoms. The third-order valence-corrected chi connectivity index (χ3v) is 4.43. The predicted molar refractivity (Wildman–Crippen MR) is 113 cm³/mol. The zero-order valence-electron chi connectivity index (χ0n) is 16.2. The van der Waals surface area contributed by atoms with Gasteiger partial charge in [0, 0.05) is 12.1 Å². The molecule has 0 atom stereocenters. The van der Waals surface area contributed by atoms with Crippen molar-refractivity contribution in [3.8, 4) is 11.5 Å².